The van der Waals surface area contributed by atoms with Gasteiger partial charge in [0.15, 0.2) is 0 Å². The van der Waals surface area contributed by atoms with Crippen LogP contribution in [-0.2, 0) is 0 Å². The van der Waals surface area contributed by atoms with Crippen molar-refractivity contribution >= 4 is 11.4 Å². The van der Waals surface area contributed by atoms with Gasteiger partial charge in [-0.1, -0.05) is 6.07 Å². The van der Waals surface area contributed by atoms with Gasteiger partial charge in [0.05, 0.1) is 5.60 Å². The number of nitrogens with two attached hydrogens (primary N) is 1. The summed E-state index contributed by atoms with van der Waals surface area (Å²) < 4.78 is 0. The molecule has 0 aromatic heterocycles. The third-order valence-corrected chi connectivity index (χ3v) is 3.41. The van der Waals surface area contributed by atoms with E-state index in [2.05, 4.69) is 17.9 Å². The van der Waals surface area contributed by atoms with Crippen LogP contribution >= 0.6 is 0 Å². The molecule has 1 aliphatic rings. The summed E-state index contributed by atoms with van der Waals surface area (Å²) in [5.41, 5.74) is 8.57. The first-order valence-corrected chi connectivity index (χ1v) is 5.81. The second kappa shape index (κ2) is 3.98. The van der Waals surface area contributed by atoms with Gasteiger partial charge in [0.25, 0.3) is 0 Å². The lowest BCUT2D eigenvalue weighted by molar-refractivity contribution is 0.0351. The molecule has 3 heteroatoms. The average molecular weight is 220 g/mol. The number of rotatable bonds is 1. The summed E-state index contributed by atoms with van der Waals surface area (Å²) in [6.07, 6.45) is 1.64. The molecule has 3 N–H and O–H groups in total. The molecule has 3 nitrogen and oxygen atoms in total. The highest BCUT2D eigenvalue weighted by atomic mass is 16.3. The predicted octanol–water partition coefficient (Wildman–Crippen LogP) is 1.93. The number of benzene rings is 1. The van der Waals surface area contributed by atoms with Crippen molar-refractivity contribution in [2.24, 2.45) is 0 Å². The van der Waals surface area contributed by atoms with Gasteiger partial charge in [-0.25, -0.2) is 0 Å². The van der Waals surface area contributed by atoms with Crippen LogP contribution in [0.25, 0.3) is 0 Å². The Bertz CT molecular complexity index is 378. The highest BCUT2D eigenvalue weighted by Crippen LogP contribution is 2.29. The van der Waals surface area contributed by atoms with Gasteiger partial charge in [-0.05, 0) is 44.4 Å². The van der Waals surface area contributed by atoms with Gasteiger partial charge in [-0.3, -0.25) is 0 Å². The first-order chi connectivity index (χ1) is 7.48. The number of aryl methyl sites for hydroxylation is 1. The van der Waals surface area contributed by atoms with Gasteiger partial charge in [-0.15, -0.1) is 0 Å². The molecule has 1 aliphatic heterocycles. The van der Waals surface area contributed by atoms with Crippen LogP contribution in [0.5, 0.6) is 0 Å². The molecule has 0 radical (unpaired) electrons. The number of aliphatic hydroxyl groups is 1. The molecular weight excluding hydrogens is 200 g/mol. The zero-order valence-electron chi connectivity index (χ0n) is 10.0. The Kier molecular flexibility index (Phi) is 2.80. The Labute approximate surface area is 96.9 Å². The molecule has 1 aromatic carbocycles. The van der Waals surface area contributed by atoms with Crippen LogP contribution in [0.2, 0.25) is 0 Å². The number of hydrogen-bond acceptors (Lipinski definition) is 3. The molecule has 1 fully saturated rings. The minimum atomic E-state index is -0.495. The van der Waals surface area contributed by atoms with Gasteiger partial charge < -0.3 is 15.7 Å². The first kappa shape index (κ1) is 11.3. The van der Waals surface area contributed by atoms with E-state index in [1.807, 2.05) is 19.1 Å². The molecule has 0 bridgehead atoms. The lowest BCUT2D eigenvalue weighted by Crippen LogP contribution is -2.42. The van der Waals surface area contributed by atoms with Gasteiger partial charge in [0.1, 0.15) is 0 Å². The van der Waals surface area contributed by atoms with Crippen LogP contribution < -0.4 is 10.6 Å². The van der Waals surface area contributed by atoms with Crippen molar-refractivity contribution in [3.8, 4) is 0 Å². The fraction of sp³-hybridized carbons (Fsp3) is 0.538. The van der Waals surface area contributed by atoms with E-state index in [-0.39, 0.29) is 0 Å². The second-order valence-electron chi connectivity index (χ2n) is 5.03. The number of piperidine rings is 1. The third kappa shape index (κ3) is 2.30. The maximum absolute atomic E-state index is 9.91. The number of anilines is 2. The minimum absolute atomic E-state index is 0.495. The molecule has 0 unspecified atom stereocenters. The molecule has 0 aliphatic carbocycles. The van der Waals surface area contributed by atoms with Crippen molar-refractivity contribution in [3.63, 3.8) is 0 Å². The third-order valence-electron chi connectivity index (χ3n) is 3.41. The minimum Gasteiger partial charge on any atom is -0.399 e. The zero-order valence-corrected chi connectivity index (χ0v) is 10.0. The van der Waals surface area contributed by atoms with E-state index in [9.17, 15) is 5.11 Å². The predicted molar refractivity (Wildman–Crippen MR) is 67.7 cm³/mol. The normalized spacial score (nSPS) is 19.8. The summed E-state index contributed by atoms with van der Waals surface area (Å²) >= 11 is 0. The van der Waals surface area contributed by atoms with Crippen molar-refractivity contribution in [1.29, 1.82) is 0 Å². The number of nitrogen functional groups attached to an aromatic ring is 1. The first-order valence-electron chi connectivity index (χ1n) is 5.81. The molecule has 0 amide bonds. The number of nitrogens with zero attached hydrogens (tertiary/aromatic N) is 1. The van der Waals surface area contributed by atoms with Crippen LogP contribution in [0.3, 0.4) is 0 Å². The van der Waals surface area contributed by atoms with E-state index in [1.165, 1.54) is 11.3 Å². The van der Waals surface area contributed by atoms with Crippen LogP contribution in [0, 0.1) is 6.92 Å². The van der Waals surface area contributed by atoms with Crippen molar-refractivity contribution < 1.29 is 5.11 Å². The number of hydrogen-bond donors (Lipinski definition) is 2. The van der Waals surface area contributed by atoms with E-state index >= 15 is 0 Å². The van der Waals surface area contributed by atoms with Gasteiger partial charge in [-0.2, -0.15) is 0 Å². The molecule has 0 saturated carbocycles. The lowest BCUT2D eigenvalue weighted by Gasteiger charge is -2.37. The lowest BCUT2D eigenvalue weighted by atomic mass is 9.93. The largest absolute Gasteiger partial charge is 0.399 e. The monoisotopic (exact) mass is 220 g/mol. The average Bonchev–Trinajstić information content (AvgIpc) is 2.22. The van der Waals surface area contributed by atoms with Crippen LogP contribution in [0.15, 0.2) is 18.2 Å². The van der Waals surface area contributed by atoms with Gasteiger partial charge in [0, 0.05) is 24.5 Å². The van der Waals surface area contributed by atoms with E-state index in [0.29, 0.717) is 0 Å². The van der Waals surface area contributed by atoms with Crippen LogP contribution in [0.4, 0.5) is 11.4 Å². The quantitative estimate of drug-likeness (QED) is 0.711. The Morgan fingerprint density at radius 1 is 1.31 bits per heavy atom. The fourth-order valence-corrected chi connectivity index (χ4v) is 2.20. The van der Waals surface area contributed by atoms with Crippen LogP contribution in [0.1, 0.15) is 25.3 Å². The summed E-state index contributed by atoms with van der Waals surface area (Å²) in [7, 11) is 0. The maximum Gasteiger partial charge on any atom is 0.0653 e. The van der Waals surface area contributed by atoms with Crippen LogP contribution in [-0.4, -0.2) is 23.8 Å². The second-order valence-corrected chi connectivity index (χ2v) is 5.03. The van der Waals surface area contributed by atoms with Crippen molar-refractivity contribution in [3.05, 3.63) is 23.8 Å². The van der Waals surface area contributed by atoms with E-state index in [0.717, 1.165) is 31.6 Å². The smallest absolute Gasteiger partial charge is 0.0653 e. The topological polar surface area (TPSA) is 49.5 Å². The highest BCUT2D eigenvalue weighted by Gasteiger charge is 2.27. The Hall–Kier alpha value is -1.22. The molecule has 0 spiro atoms. The molecule has 1 aromatic rings. The highest BCUT2D eigenvalue weighted by molar-refractivity contribution is 5.61. The molecule has 1 saturated heterocycles. The van der Waals surface area contributed by atoms with Crippen molar-refractivity contribution in [1.82, 2.24) is 0 Å². The molecule has 2 rings (SSSR count). The van der Waals surface area contributed by atoms with E-state index in [4.69, 9.17) is 5.73 Å². The maximum atomic E-state index is 9.91. The Morgan fingerprint density at radius 3 is 2.56 bits per heavy atom. The Balaban J connectivity index is 2.17. The molecular formula is C13H20N2O. The van der Waals surface area contributed by atoms with Gasteiger partial charge >= 0.3 is 0 Å². The molecule has 1 heterocycles. The standard InChI is InChI=1S/C13H20N2O/c1-10-3-4-11(14)9-12(10)15-7-5-13(2,16)6-8-15/h3-4,9,16H,5-8,14H2,1-2H3. The summed E-state index contributed by atoms with van der Waals surface area (Å²) in [4.78, 5) is 2.31. The van der Waals surface area contributed by atoms with Crippen molar-refractivity contribution in [2.45, 2.75) is 32.3 Å². The van der Waals surface area contributed by atoms with Crippen molar-refractivity contribution in [2.75, 3.05) is 23.7 Å². The van der Waals surface area contributed by atoms with E-state index in [1.54, 1.807) is 0 Å². The molecule has 88 valence electrons. The fourth-order valence-electron chi connectivity index (χ4n) is 2.20. The summed E-state index contributed by atoms with van der Waals surface area (Å²) in [6, 6.07) is 6.01. The summed E-state index contributed by atoms with van der Waals surface area (Å²) in [6.45, 7) is 5.81. The van der Waals surface area contributed by atoms with Gasteiger partial charge in [0.2, 0.25) is 0 Å². The summed E-state index contributed by atoms with van der Waals surface area (Å²) in [5.74, 6) is 0. The zero-order chi connectivity index (χ0) is 11.8. The summed E-state index contributed by atoms with van der Waals surface area (Å²) in [5, 5.41) is 9.91. The molecule has 16 heavy (non-hydrogen) atoms. The van der Waals surface area contributed by atoms with E-state index < -0.39 is 5.60 Å². The Morgan fingerprint density at radius 2 is 1.94 bits per heavy atom. The SMILES string of the molecule is Cc1ccc(N)cc1N1CCC(C)(O)CC1. The molecule has 0 atom stereocenters.